The molecule has 118 valence electrons. The van der Waals surface area contributed by atoms with Gasteiger partial charge in [-0.05, 0) is 12.1 Å². The number of amides is 2. The highest BCUT2D eigenvalue weighted by molar-refractivity contribution is 6.23. The summed E-state index contributed by atoms with van der Waals surface area (Å²) in [4.78, 5) is 35.9. The van der Waals surface area contributed by atoms with Crippen LogP contribution in [-0.4, -0.2) is 34.7 Å². The third-order valence-electron chi connectivity index (χ3n) is 3.41. The van der Waals surface area contributed by atoms with E-state index < -0.39 is 17.4 Å². The highest BCUT2D eigenvalue weighted by atomic mass is 16.5. The number of nitrogen functional groups attached to an aromatic ring is 1. The number of anilines is 1. The predicted molar refractivity (Wildman–Crippen MR) is 80.8 cm³/mol. The van der Waals surface area contributed by atoms with Gasteiger partial charge in [0.25, 0.3) is 17.4 Å². The maximum Gasteiger partial charge on any atom is 0.262 e. The Hall–Kier alpha value is -3.13. The molecule has 0 saturated heterocycles. The van der Waals surface area contributed by atoms with Gasteiger partial charge >= 0.3 is 0 Å². The summed E-state index contributed by atoms with van der Waals surface area (Å²) in [5, 5.41) is 11.0. The smallest absolute Gasteiger partial charge is 0.262 e. The van der Waals surface area contributed by atoms with Crippen molar-refractivity contribution < 1.29 is 19.4 Å². The van der Waals surface area contributed by atoms with Gasteiger partial charge in [0.1, 0.15) is 18.2 Å². The number of carbonyl (C=O) groups excluding carboxylic acids is 2. The number of para-hydroxylation sites is 2. The lowest BCUT2D eigenvalue weighted by Crippen LogP contribution is -2.24. The molecule has 0 saturated carbocycles. The van der Waals surface area contributed by atoms with Gasteiger partial charge in [0.15, 0.2) is 0 Å². The molecule has 1 aromatic heterocycles. The van der Waals surface area contributed by atoms with Crippen LogP contribution in [-0.2, 0) is 0 Å². The Balaban J connectivity index is 2.23. The van der Waals surface area contributed by atoms with Gasteiger partial charge in [0, 0.05) is 6.07 Å². The lowest BCUT2D eigenvalue weighted by Gasteiger charge is -2.15. The van der Waals surface area contributed by atoms with Gasteiger partial charge in [0.05, 0.1) is 23.4 Å². The number of nitrogens with two attached hydrogens (primary N) is 1. The van der Waals surface area contributed by atoms with Crippen LogP contribution in [0.5, 0.6) is 5.75 Å². The first-order valence-electron chi connectivity index (χ1n) is 6.79. The number of aromatic nitrogens is 1. The van der Waals surface area contributed by atoms with Crippen LogP contribution < -0.4 is 21.3 Å². The van der Waals surface area contributed by atoms with Crippen LogP contribution in [0.15, 0.2) is 35.1 Å². The molecule has 0 unspecified atom stereocenters. The fourth-order valence-electron chi connectivity index (χ4n) is 2.45. The first-order valence-corrected chi connectivity index (χ1v) is 6.79. The van der Waals surface area contributed by atoms with Crippen molar-refractivity contribution in [2.75, 3.05) is 18.9 Å². The summed E-state index contributed by atoms with van der Waals surface area (Å²) in [7, 11) is 0. The number of ether oxygens (including phenoxy) is 1. The number of pyridine rings is 1. The van der Waals surface area contributed by atoms with Crippen molar-refractivity contribution in [2.24, 2.45) is 0 Å². The third kappa shape index (κ3) is 2.34. The van der Waals surface area contributed by atoms with Crippen LogP contribution in [0.3, 0.4) is 0 Å². The van der Waals surface area contributed by atoms with E-state index in [9.17, 15) is 14.4 Å². The van der Waals surface area contributed by atoms with Crippen LogP contribution >= 0.6 is 0 Å². The van der Waals surface area contributed by atoms with E-state index in [2.05, 4.69) is 5.32 Å². The molecule has 1 aromatic carbocycles. The van der Waals surface area contributed by atoms with Crippen molar-refractivity contribution >= 4 is 17.6 Å². The van der Waals surface area contributed by atoms with Gasteiger partial charge in [-0.3, -0.25) is 24.3 Å². The maximum absolute atomic E-state index is 12.4. The third-order valence-corrected chi connectivity index (χ3v) is 3.41. The van der Waals surface area contributed by atoms with Gasteiger partial charge in [-0.15, -0.1) is 0 Å². The molecule has 0 aliphatic carbocycles. The number of hydrogen-bond acceptors (Lipinski definition) is 6. The van der Waals surface area contributed by atoms with E-state index >= 15 is 0 Å². The van der Waals surface area contributed by atoms with Crippen molar-refractivity contribution in [3.05, 3.63) is 51.8 Å². The van der Waals surface area contributed by atoms with Crippen LogP contribution in [0.1, 0.15) is 20.7 Å². The Morgan fingerprint density at radius 1 is 1.17 bits per heavy atom. The van der Waals surface area contributed by atoms with Gasteiger partial charge in [-0.25, -0.2) is 0 Å². The molecule has 0 fully saturated rings. The monoisotopic (exact) mass is 315 g/mol. The molecule has 8 nitrogen and oxygen atoms in total. The first kappa shape index (κ1) is 14.8. The van der Waals surface area contributed by atoms with Crippen molar-refractivity contribution in [1.82, 2.24) is 9.88 Å². The summed E-state index contributed by atoms with van der Waals surface area (Å²) in [5.74, 6) is -1.12. The minimum absolute atomic E-state index is 0.0356. The quantitative estimate of drug-likeness (QED) is 0.664. The summed E-state index contributed by atoms with van der Waals surface area (Å²) >= 11 is 0. The zero-order valence-electron chi connectivity index (χ0n) is 11.9. The molecule has 1 aliphatic heterocycles. The van der Waals surface area contributed by atoms with E-state index in [-0.39, 0.29) is 30.2 Å². The molecule has 0 radical (unpaired) electrons. The zero-order valence-corrected chi connectivity index (χ0v) is 11.9. The molecule has 0 bridgehead atoms. The topological polar surface area (TPSA) is 124 Å². The Morgan fingerprint density at radius 3 is 2.65 bits per heavy atom. The number of nitrogens with zero attached hydrogens (tertiary/aromatic N) is 1. The molecule has 23 heavy (non-hydrogen) atoms. The van der Waals surface area contributed by atoms with Crippen LogP contribution in [0, 0.1) is 0 Å². The lowest BCUT2D eigenvalue weighted by atomic mass is 10.1. The van der Waals surface area contributed by atoms with Crippen molar-refractivity contribution in [3.8, 4) is 11.4 Å². The summed E-state index contributed by atoms with van der Waals surface area (Å²) in [6.45, 7) is -0.157. The Labute approximate surface area is 130 Å². The summed E-state index contributed by atoms with van der Waals surface area (Å²) in [6.07, 6.45) is 0. The normalized spacial score (nSPS) is 12.9. The van der Waals surface area contributed by atoms with E-state index in [1.54, 1.807) is 24.3 Å². The van der Waals surface area contributed by atoms with Gasteiger partial charge in [0.2, 0.25) is 0 Å². The Bertz CT molecular complexity index is 872. The van der Waals surface area contributed by atoms with Gasteiger partial charge < -0.3 is 15.6 Å². The number of aliphatic hydroxyl groups excluding tert-OH is 1. The van der Waals surface area contributed by atoms with Crippen LogP contribution in [0.2, 0.25) is 0 Å². The molecule has 4 N–H and O–H groups in total. The fraction of sp³-hybridized carbons (Fsp3) is 0.133. The number of imide groups is 1. The number of carbonyl (C=O) groups is 2. The van der Waals surface area contributed by atoms with Crippen LogP contribution in [0.4, 0.5) is 5.82 Å². The second kappa shape index (κ2) is 5.58. The second-order valence-electron chi connectivity index (χ2n) is 4.81. The number of nitrogens with one attached hydrogen (secondary N) is 1. The molecule has 3 rings (SSSR count). The first-order chi connectivity index (χ1) is 11.0. The molecule has 0 spiro atoms. The molecule has 0 atom stereocenters. The largest absolute Gasteiger partial charge is 0.489 e. The highest BCUT2D eigenvalue weighted by Gasteiger charge is 2.32. The molecule has 1 aliphatic rings. The molecule has 2 aromatic rings. The van der Waals surface area contributed by atoms with Gasteiger partial charge in [-0.1, -0.05) is 12.1 Å². The average molecular weight is 315 g/mol. The molecule has 8 heteroatoms. The van der Waals surface area contributed by atoms with E-state index in [1.165, 1.54) is 0 Å². The summed E-state index contributed by atoms with van der Waals surface area (Å²) in [5.41, 5.74) is 5.64. The minimum Gasteiger partial charge on any atom is -0.489 e. The van der Waals surface area contributed by atoms with E-state index in [4.69, 9.17) is 15.6 Å². The molecular weight excluding hydrogens is 302 g/mol. The SMILES string of the molecule is Nc1c2c(cc(=O)n1-c1ccccc1OCCO)C(=O)NC2=O. The average Bonchev–Trinajstić information content (AvgIpc) is 2.80. The molecule has 2 heterocycles. The molecule has 2 amide bonds. The van der Waals surface area contributed by atoms with E-state index in [1.807, 2.05) is 0 Å². The maximum atomic E-state index is 12.4. The van der Waals surface area contributed by atoms with E-state index in [0.29, 0.717) is 11.4 Å². The predicted octanol–water partition coefficient (Wildman–Crippen LogP) is -0.326. The number of rotatable bonds is 4. The molecular formula is C15H13N3O5. The van der Waals surface area contributed by atoms with Crippen molar-refractivity contribution in [2.45, 2.75) is 0 Å². The summed E-state index contributed by atoms with van der Waals surface area (Å²) in [6, 6.07) is 7.63. The van der Waals surface area contributed by atoms with Crippen LogP contribution in [0.25, 0.3) is 5.69 Å². The Kier molecular flexibility index (Phi) is 3.59. The Morgan fingerprint density at radius 2 is 1.91 bits per heavy atom. The number of fused-ring (bicyclic) bond motifs is 1. The lowest BCUT2D eigenvalue weighted by molar-refractivity contribution is 0.0880. The second-order valence-corrected chi connectivity index (χ2v) is 4.81. The number of benzene rings is 1. The standard InChI is InChI=1S/C15H13N3O5/c16-13-12-8(14(21)17-15(12)22)7-11(20)18(13)9-3-1-2-4-10(9)23-6-5-19/h1-4,7,19H,5-6,16H2,(H,17,21,22). The highest BCUT2D eigenvalue weighted by Crippen LogP contribution is 2.27. The number of aliphatic hydroxyl groups is 1. The van der Waals surface area contributed by atoms with Crippen molar-refractivity contribution in [3.63, 3.8) is 0 Å². The minimum atomic E-state index is -0.648. The summed E-state index contributed by atoms with van der Waals surface area (Å²) < 4.78 is 6.49. The van der Waals surface area contributed by atoms with Crippen molar-refractivity contribution in [1.29, 1.82) is 0 Å². The van der Waals surface area contributed by atoms with E-state index in [0.717, 1.165) is 10.6 Å². The fourth-order valence-corrected chi connectivity index (χ4v) is 2.45. The van der Waals surface area contributed by atoms with Gasteiger partial charge in [-0.2, -0.15) is 0 Å². The number of hydrogen-bond donors (Lipinski definition) is 3. The zero-order chi connectivity index (χ0) is 16.6.